The van der Waals surface area contributed by atoms with Crippen molar-refractivity contribution in [2.24, 2.45) is 16.2 Å². The van der Waals surface area contributed by atoms with E-state index >= 15 is 0 Å². The molecule has 0 aliphatic rings. The summed E-state index contributed by atoms with van der Waals surface area (Å²) < 4.78 is 0. The van der Waals surface area contributed by atoms with Gasteiger partial charge in [-0.3, -0.25) is 4.79 Å². The molecule has 0 spiro atoms. The number of hydrogen-bond donors (Lipinski definition) is 1. The number of amides is 1. The van der Waals surface area contributed by atoms with Gasteiger partial charge >= 0.3 is 5.91 Å². The van der Waals surface area contributed by atoms with E-state index in [0.717, 1.165) is 10.9 Å². The topological polar surface area (TPSA) is 80.7 Å². The Morgan fingerprint density at radius 3 is 2.80 bits per heavy atom. The van der Waals surface area contributed by atoms with Crippen molar-refractivity contribution in [1.29, 1.82) is 0 Å². The summed E-state index contributed by atoms with van der Waals surface area (Å²) in [5.41, 5.74) is 0.985. The third-order valence-corrected chi connectivity index (χ3v) is 1.97. The highest BCUT2D eigenvalue weighted by atomic mass is 16.2. The van der Waals surface area contributed by atoms with Gasteiger partial charge in [0.1, 0.15) is 5.69 Å². The number of pyridine rings is 1. The molecule has 1 aromatic carbocycles. The van der Waals surface area contributed by atoms with Gasteiger partial charge in [0.05, 0.1) is 5.52 Å². The zero-order valence-corrected chi connectivity index (χ0v) is 7.79. The van der Waals surface area contributed by atoms with Crippen LogP contribution in [0, 0.1) is 0 Å². The predicted molar refractivity (Wildman–Crippen MR) is 55.1 cm³/mol. The molecule has 74 valence electrons. The quantitative estimate of drug-likeness (QED) is 0.432. The Morgan fingerprint density at radius 2 is 2.00 bits per heavy atom. The molecule has 1 heterocycles. The number of carbonyl (C=O) groups is 1. The first-order valence-corrected chi connectivity index (χ1v) is 4.32. The van der Waals surface area contributed by atoms with Crippen LogP contribution in [0.3, 0.4) is 0 Å². The molecular formula is C10H8N4O. The number of nitrogens with zero attached hydrogens (tertiary/aromatic N) is 3. The minimum absolute atomic E-state index is 0.239. The normalized spacial score (nSPS) is 10.9. The van der Waals surface area contributed by atoms with Gasteiger partial charge in [0.2, 0.25) is 0 Å². The number of para-hydroxylation sites is 1. The molecule has 0 fully saturated rings. The number of hydrogen-bond acceptors (Lipinski definition) is 3. The number of nitrogens with two attached hydrogens (primary N) is 1. The van der Waals surface area contributed by atoms with Crippen molar-refractivity contribution >= 4 is 16.8 Å². The lowest BCUT2D eigenvalue weighted by Gasteiger charge is -1.97. The largest absolute Gasteiger partial charge is 0.315 e. The first-order chi connectivity index (χ1) is 7.31. The lowest BCUT2D eigenvalue weighted by atomic mass is 10.2. The second kappa shape index (κ2) is 3.83. The second-order valence-corrected chi connectivity index (χ2v) is 2.91. The van der Waals surface area contributed by atoms with Crippen molar-refractivity contribution in [3.63, 3.8) is 0 Å². The highest BCUT2D eigenvalue weighted by Gasteiger charge is 2.06. The zero-order chi connectivity index (χ0) is 10.7. The maximum Gasteiger partial charge on any atom is 0.315 e. The Balaban J connectivity index is 2.51. The van der Waals surface area contributed by atoms with Crippen LogP contribution >= 0.6 is 0 Å². The Labute approximate surface area is 85.6 Å². The van der Waals surface area contributed by atoms with Gasteiger partial charge in [0.25, 0.3) is 0 Å². The average Bonchev–Trinajstić information content (AvgIpc) is 2.29. The highest BCUT2D eigenvalue weighted by Crippen LogP contribution is 2.12. The molecule has 5 nitrogen and oxygen atoms in total. The molecule has 0 radical (unpaired) electrons. The van der Waals surface area contributed by atoms with Gasteiger partial charge in [0.15, 0.2) is 0 Å². The van der Waals surface area contributed by atoms with Crippen LogP contribution in [0.5, 0.6) is 0 Å². The fourth-order valence-electron chi connectivity index (χ4n) is 1.29. The minimum Gasteiger partial charge on any atom is -0.304 e. The summed E-state index contributed by atoms with van der Waals surface area (Å²) in [7, 11) is 0. The summed E-state index contributed by atoms with van der Waals surface area (Å²) >= 11 is 0. The van der Waals surface area contributed by atoms with Crippen molar-refractivity contribution in [3.8, 4) is 0 Å². The summed E-state index contributed by atoms with van der Waals surface area (Å²) in [5.74, 6) is 4.25. The van der Waals surface area contributed by atoms with E-state index in [2.05, 4.69) is 15.3 Å². The summed E-state index contributed by atoms with van der Waals surface area (Å²) in [5, 5.41) is 7.10. The van der Waals surface area contributed by atoms with Gasteiger partial charge < -0.3 is 5.84 Å². The van der Waals surface area contributed by atoms with E-state index in [1.54, 1.807) is 6.07 Å². The van der Waals surface area contributed by atoms with E-state index in [1.165, 1.54) is 0 Å². The molecule has 0 bridgehead atoms. The monoisotopic (exact) mass is 200 g/mol. The third-order valence-electron chi connectivity index (χ3n) is 1.97. The zero-order valence-electron chi connectivity index (χ0n) is 7.79. The van der Waals surface area contributed by atoms with E-state index in [0.29, 0.717) is 0 Å². The Morgan fingerprint density at radius 1 is 1.20 bits per heavy atom. The van der Waals surface area contributed by atoms with Gasteiger partial charge in [-0.15, -0.1) is 0 Å². The molecule has 1 aromatic heterocycles. The summed E-state index contributed by atoms with van der Waals surface area (Å²) in [6.07, 6.45) is 0. The Hall–Kier alpha value is -2.30. The van der Waals surface area contributed by atoms with Crippen LogP contribution in [-0.4, -0.2) is 10.9 Å². The number of carbonyl (C=O) groups excluding carboxylic acids is 1. The van der Waals surface area contributed by atoms with Gasteiger partial charge in [-0.25, -0.2) is 4.98 Å². The number of rotatable bonds is 1. The Bertz CT molecular complexity index is 536. The molecule has 2 N–H and O–H groups in total. The molecule has 0 saturated carbocycles. The Kier molecular flexibility index (Phi) is 2.37. The maximum absolute atomic E-state index is 11.3. The summed E-state index contributed by atoms with van der Waals surface area (Å²) in [6, 6.07) is 10.9. The van der Waals surface area contributed by atoms with Crippen LogP contribution < -0.4 is 5.84 Å². The van der Waals surface area contributed by atoms with Crippen molar-refractivity contribution < 1.29 is 4.79 Å². The van der Waals surface area contributed by atoms with Crippen LogP contribution in [0.15, 0.2) is 46.7 Å². The van der Waals surface area contributed by atoms with Gasteiger partial charge in [-0.05, 0) is 12.1 Å². The average molecular weight is 200 g/mol. The highest BCUT2D eigenvalue weighted by molar-refractivity contribution is 5.95. The molecule has 2 aromatic rings. The molecule has 0 aliphatic carbocycles. The first kappa shape index (κ1) is 9.26. The standard InChI is InChI=1S/C10H8N4O/c11-14-13-10(15)9-6-5-7-3-1-2-4-8(7)12-9/h1-6H,(H2,11,13,15). The fourth-order valence-corrected chi connectivity index (χ4v) is 1.29. The van der Waals surface area contributed by atoms with Crippen molar-refractivity contribution in [2.45, 2.75) is 0 Å². The number of fused-ring (bicyclic) bond motifs is 1. The fraction of sp³-hybridized carbons (Fsp3) is 0. The number of aromatic nitrogens is 1. The molecule has 0 atom stereocenters. The van der Waals surface area contributed by atoms with Crippen LogP contribution in [0.1, 0.15) is 10.5 Å². The van der Waals surface area contributed by atoms with Crippen LogP contribution in [0.25, 0.3) is 10.9 Å². The molecular weight excluding hydrogens is 192 g/mol. The minimum atomic E-state index is -0.539. The molecule has 1 amide bonds. The van der Waals surface area contributed by atoms with Gasteiger partial charge in [-0.1, -0.05) is 34.6 Å². The summed E-state index contributed by atoms with van der Waals surface area (Å²) in [6.45, 7) is 0. The smallest absolute Gasteiger partial charge is 0.304 e. The van der Waals surface area contributed by atoms with Crippen LogP contribution in [0.4, 0.5) is 0 Å². The van der Waals surface area contributed by atoms with E-state index in [9.17, 15) is 4.79 Å². The SMILES string of the molecule is NN=NC(=O)c1ccc2ccccc2n1. The van der Waals surface area contributed by atoms with Crippen molar-refractivity contribution in [3.05, 3.63) is 42.1 Å². The van der Waals surface area contributed by atoms with E-state index in [1.807, 2.05) is 30.3 Å². The third kappa shape index (κ3) is 1.80. The lowest BCUT2D eigenvalue weighted by Crippen LogP contribution is -1.98. The molecule has 0 aliphatic heterocycles. The second-order valence-electron chi connectivity index (χ2n) is 2.91. The molecule has 0 unspecified atom stereocenters. The van der Waals surface area contributed by atoms with Gasteiger partial charge in [-0.2, -0.15) is 0 Å². The molecule has 2 rings (SSSR count). The van der Waals surface area contributed by atoms with Gasteiger partial charge in [0, 0.05) is 5.39 Å². The summed E-state index contributed by atoms with van der Waals surface area (Å²) in [4.78, 5) is 15.4. The molecule has 0 saturated heterocycles. The van der Waals surface area contributed by atoms with Crippen LogP contribution in [-0.2, 0) is 0 Å². The molecule has 5 heteroatoms. The maximum atomic E-state index is 11.3. The van der Waals surface area contributed by atoms with Crippen molar-refractivity contribution in [2.75, 3.05) is 0 Å². The van der Waals surface area contributed by atoms with Crippen molar-refractivity contribution in [1.82, 2.24) is 4.98 Å². The number of benzene rings is 1. The lowest BCUT2D eigenvalue weighted by molar-refractivity contribution is 0.0989. The first-order valence-electron chi connectivity index (χ1n) is 4.32. The van der Waals surface area contributed by atoms with E-state index in [-0.39, 0.29) is 5.69 Å². The van der Waals surface area contributed by atoms with E-state index in [4.69, 9.17) is 5.84 Å². The molecule has 15 heavy (non-hydrogen) atoms. The predicted octanol–water partition coefficient (Wildman–Crippen LogP) is 1.70. The van der Waals surface area contributed by atoms with Crippen LogP contribution in [0.2, 0.25) is 0 Å². The van der Waals surface area contributed by atoms with E-state index < -0.39 is 5.91 Å².